The van der Waals surface area contributed by atoms with Crippen molar-refractivity contribution in [2.45, 2.75) is 79.2 Å². The normalized spacial score (nSPS) is 13.9. The standard InChI is InChI=1S/C26H33NO3S/c1-6-19-7-9-21(10-8-19)25-22(26(16(2)3)31-27-25)15-30-23-13-11-20(12-14-24(28)29)17(4)18(23)5/h7,9,11,13,16H,6,8,10,12,14-15H2,1-5H3,(H,28,29). The lowest BCUT2D eigenvalue weighted by Crippen LogP contribution is -2.05. The van der Waals surface area contributed by atoms with Crippen LogP contribution in [0, 0.1) is 13.8 Å². The predicted molar refractivity (Wildman–Crippen MR) is 128 cm³/mol. The van der Waals surface area contributed by atoms with E-state index in [4.69, 9.17) is 14.2 Å². The number of ether oxygens (including phenoxy) is 1. The lowest BCUT2D eigenvalue weighted by Gasteiger charge is -2.17. The monoisotopic (exact) mass is 439 g/mol. The number of rotatable bonds is 9. The molecule has 0 aliphatic heterocycles. The molecule has 4 nitrogen and oxygen atoms in total. The molecule has 5 heteroatoms. The Balaban J connectivity index is 1.84. The summed E-state index contributed by atoms with van der Waals surface area (Å²) < 4.78 is 11.1. The molecule has 166 valence electrons. The van der Waals surface area contributed by atoms with E-state index in [9.17, 15) is 4.79 Å². The fraction of sp³-hybridized carbons (Fsp3) is 0.462. The van der Waals surface area contributed by atoms with Crippen LogP contribution < -0.4 is 4.74 Å². The molecule has 31 heavy (non-hydrogen) atoms. The average molecular weight is 440 g/mol. The van der Waals surface area contributed by atoms with Crippen LogP contribution in [-0.2, 0) is 17.8 Å². The number of aromatic nitrogens is 1. The summed E-state index contributed by atoms with van der Waals surface area (Å²) >= 11 is 1.59. The third kappa shape index (κ3) is 5.45. The van der Waals surface area contributed by atoms with Crippen LogP contribution >= 0.6 is 11.5 Å². The summed E-state index contributed by atoms with van der Waals surface area (Å²) in [4.78, 5) is 12.2. The Kier molecular flexibility index (Phi) is 7.71. The van der Waals surface area contributed by atoms with Gasteiger partial charge in [-0.25, -0.2) is 0 Å². The van der Waals surface area contributed by atoms with E-state index < -0.39 is 5.97 Å². The molecule has 0 fully saturated rings. The van der Waals surface area contributed by atoms with Crippen molar-refractivity contribution >= 4 is 23.1 Å². The molecule has 0 bridgehead atoms. The van der Waals surface area contributed by atoms with E-state index in [2.05, 4.69) is 32.9 Å². The summed E-state index contributed by atoms with van der Waals surface area (Å²) in [6.07, 6.45) is 8.41. The van der Waals surface area contributed by atoms with Gasteiger partial charge in [0.1, 0.15) is 12.4 Å². The molecule has 1 aromatic carbocycles. The van der Waals surface area contributed by atoms with Crippen LogP contribution in [0.2, 0.25) is 0 Å². The fourth-order valence-electron chi connectivity index (χ4n) is 4.01. The Bertz CT molecular complexity index is 1010. The van der Waals surface area contributed by atoms with Gasteiger partial charge in [0.25, 0.3) is 0 Å². The van der Waals surface area contributed by atoms with E-state index in [-0.39, 0.29) is 6.42 Å². The van der Waals surface area contributed by atoms with E-state index in [0.717, 1.165) is 47.4 Å². The van der Waals surface area contributed by atoms with Crippen molar-refractivity contribution in [1.82, 2.24) is 4.37 Å². The van der Waals surface area contributed by atoms with Crippen molar-refractivity contribution in [1.29, 1.82) is 0 Å². The highest BCUT2D eigenvalue weighted by Gasteiger charge is 2.21. The van der Waals surface area contributed by atoms with Crippen LogP contribution in [0.3, 0.4) is 0 Å². The number of carboxylic acid groups (broad SMARTS) is 1. The highest BCUT2D eigenvalue weighted by Crippen LogP contribution is 2.36. The number of allylic oxidation sites excluding steroid dienone is 4. The molecule has 1 aromatic heterocycles. The van der Waals surface area contributed by atoms with Crippen molar-refractivity contribution in [3.63, 3.8) is 0 Å². The third-order valence-electron chi connectivity index (χ3n) is 6.17. The lowest BCUT2D eigenvalue weighted by atomic mass is 9.92. The molecule has 0 atom stereocenters. The first-order valence-corrected chi connectivity index (χ1v) is 11.9. The van der Waals surface area contributed by atoms with Gasteiger partial charge in [0.2, 0.25) is 0 Å². The molecule has 1 N–H and O–H groups in total. The summed E-state index contributed by atoms with van der Waals surface area (Å²) in [7, 11) is 0. The number of carbonyl (C=O) groups is 1. The molecule has 2 aromatic rings. The quantitative estimate of drug-likeness (QED) is 0.457. The summed E-state index contributed by atoms with van der Waals surface area (Å²) in [6.45, 7) is 11.2. The second kappa shape index (κ2) is 10.3. The maximum Gasteiger partial charge on any atom is 0.303 e. The van der Waals surface area contributed by atoms with Crippen LogP contribution in [0.1, 0.15) is 85.2 Å². The van der Waals surface area contributed by atoms with Crippen molar-refractivity contribution in [3.05, 3.63) is 62.7 Å². The van der Waals surface area contributed by atoms with Crippen LogP contribution in [-0.4, -0.2) is 15.4 Å². The Labute approximate surface area is 189 Å². The topological polar surface area (TPSA) is 59.4 Å². The molecule has 0 amide bonds. The number of aryl methyl sites for hydroxylation is 1. The van der Waals surface area contributed by atoms with Gasteiger partial charge in [0.15, 0.2) is 0 Å². The fourth-order valence-corrected chi connectivity index (χ4v) is 4.90. The number of nitrogens with zero attached hydrogens (tertiary/aromatic N) is 1. The van der Waals surface area contributed by atoms with Crippen LogP contribution in [0.5, 0.6) is 5.75 Å². The molecule has 1 heterocycles. The van der Waals surface area contributed by atoms with Gasteiger partial charge < -0.3 is 9.84 Å². The SMILES string of the molecule is CCC1=CC=C(c2nsc(C(C)C)c2COc2ccc(CCC(=O)O)c(C)c2C)CC1. The number of hydrogen-bond acceptors (Lipinski definition) is 4. The summed E-state index contributed by atoms with van der Waals surface area (Å²) in [5.74, 6) is 0.486. The first-order chi connectivity index (χ1) is 14.8. The summed E-state index contributed by atoms with van der Waals surface area (Å²) in [6, 6.07) is 3.97. The first kappa shape index (κ1) is 23.3. The molecule has 1 aliphatic carbocycles. The lowest BCUT2D eigenvalue weighted by molar-refractivity contribution is -0.136. The summed E-state index contributed by atoms with van der Waals surface area (Å²) in [5, 5.41) is 8.97. The first-order valence-electron chi connectivity index (χ1n) is 11.1. The maximum atomic E-state index is 10.9. The number of aliphatic carboxylic acids is 1. The van der Waals surface area contributed by atoms with E-state index in [0.29, 0.717) is 18.9 Å². The smallest absolute Gasteiger partial charge is 0.303 e. The Morgan fingerprint density at radius 2 is 1.97 bits per heavy atom. The minimum atomic E-state index is -0.769. The van der Waals surface area contributed by atoms with Crippen LogP contribution in [0.25, 0.3) is 5.57 Å². The van der Waals surface area contributed by atoms with Gasteiger partial charge in [-0.1, -0.05) is 44.6 Å². The third-order valence-corrected chi connectivity index (χ3v) is 7.36. The van der Waals surface area contributed by atoms with Crippen molar-refractivity contribution in [2.75, 3.05) is 0 Å². The van der Waals surface area contributed by atoms with Gasteiger partial charge in [-0.3, -0.25) is 4.79 Å². The Hall–Kier alpha value is -2.40. The molecule has 0 spiro atoms. The number of carboxylic acids is 1. The zero-order chi connectivity index (χ0) is 22.5. The average Bonchev–Trinajstić information content (AvgIpc) is 3.18. The molecule has 0 saturated heterocycles. The molecule has 3 rings (SSSR count). The largest absolute Gasteiger partial charge is 0.489 e. The van der Waals surface area contributed by atoms with E-state index in [1.807, 2.05) is 26.0 Å². The molecular formula is C26H33NO3S. The van der Waals surface area contributed by atoms with Crippen molar-refractivity contribution < 1.29 is 14.6 Å². The van der Waals surface area contributed by atoms with Gasteiger partial charge in [-0.15, -0.1) is 0 Å². The minimum Gasteiger partial charge on any atom is -0.489 e. The van der Waals surface area contributed by atoms with E-state index in [1.165, 1.54) is 21.6 Å². The molecule has 0 radical (unpaired) electrons. The van der Waals surface area contributed by atoms with Crippen LogP contribution in [0.4, 0.5) is 0 Å². The van der Waals surface area contributed by atoms with E-state index >= 15 is 0 Å². The number of benzene rings is 1. The molecule has 0 saturated carbocycles. The van der Waals surface area contributed by atoms with Gasteiger partial charge in [0.05, 0.1) is 5.69 Å². The molecular weight excluding hydrogens is 406 g/mol. The number of hydrogen-bond donors (Lipinski definition) is 1. The van der Waals surface area contributed by atoms with Gasteiger partial charge in [-0.2, -0.15) is 4.37 Å². The van der Waals surface area contributed by atoms with Crippen molar-refractivity contribution in [2.24, 2.45) is 0 Å². The molecule has 1 aliphatic rings. The second-order valence-corrected chi connectivity index (χ2v) is 9.36. The highest BCUT2D eigenvalue weighted by molar-refractivity contribution is 7.06. The second-order valence-electron chi connectivity index (χ2n) is 8.55. The Morgan fingerprint density at radius 1 is 1.19 bits per heavy atom. The predicted octanol–water partition coefficient (Wildman–Crippen LogP) is 6.99. The van der Waals surface area contributed by atoms with Gasteiger partial charge in [-0.05, 0) is 85.3 Å². The van der Waals surface area contributed by atoms with E-state index in [1.54, 1.807) is 11.5 Å². The zero-order valence-corrected chi connectivity index (χ0v) is 20.1. The van der Waals surface area contributed by atoms with Gasteiger partial charge >= 0.3 is 5.97 Å². The van der Waals surface area contributed by atoms with Crippen molar-refractivity contribution in [3.8, 4) is 5.75 Å². The van der Waals surface area contributed by atoms with Crippen LogP contribution in [0.15, 0.2) is 29.9 Å². The highest BCUT2D eigenvalue weighted by atomic mass is 32.1. The maximum absolute atomic E-state index is 10.9. The summed E-state index contributed by atoms with van der Waals surface area (Å²) in [5.41, 5.74) is 8.34. The molecule has 0 unspecified atom stereocenters. The zero-order valence-electron chi connectivity index (χ0n) is 19.2. The van der Waals surface area contributed by atoms with Gasteiger partial charge in [0, 0.05) is 16.9 Å². The minimum absolute atomic E-state index is 0.144. The Morgan fingerprint density at radius 3 is 2.58 bits per heavy atom.